The van der Waals surface area contributed by atoms with Gasteiger partial charge in [0.25, 0.3) is 5.95 Å². The minimum Gasteiger partial charge on any atom is -0.395 e. The summed E-state index contributed by atoms with van der Waals surface area (Å²) in [6.45, 7) is 8.10. The normalized spacial score (nSPS) is 14.0. The maximum absolute atomic E-state index is 12.7. The molecule has 7 heteroatoms. The predicted octanol–water partition coefficient (Wildman–Crippen LogP) is 1.42. The Bertz CT molecular complexity index is 775. The van der Waals surface area contributed by atoms with Crippen molar-refractivity contribution in [2.45, 2.75) is 53.0 Å². The lowest BCUT2D eigenvalue weighted by atomic mass is 10.1. The molecule has 1 saturated carbocycles. The van der Waals surface area contributed by atoms with Crippen LogP contribution in [-0.4, -0.2) is 54.9 Å². The van der Waals surface area contributed by atoms with Crippen LogP contribution in [0.4, 0.5) is 0 Å². The number of aliphatic hydroxyl groups excluding tert-OH is 1. The number of aliphatic hydroxyl groups is 1. The van der Waals surface area contributed by atoms with Gasteiger partial charge in [-0.05, 0) is 46.6 Å². The van der Waals surface area contributed by atoms with E-state index in [2.05, 4.69) is 15.1 Å². The lowest BCUT2D eigenvalue weighted by Gasteiger charge is -2.21. The fourth-order valence-electron chi connectivity index (χ4n) is 3.19. The molecule has 1 N–H and O–H groups in total. The molecule has 1 amide bonds. The van der Waals surface area contributed by atoms with Crippen molar-refractivity contribution < 1.29 is 9.90 Å². The number of carbonyl (C=O) groups excluding carboxylic acids is 1. The van der Waals surface area contributed by atoms with Gasteiger partial charge in [-0.15, -0.1) is 0 Å². The van der Waals surface area contributed by atoms with Crippen LogP contribution < -0.4 is 0 Å². The number of aryl methyl sites for hydroxylation is 3. The van der Waals surface area contributed by atoms with Gasteiger partial charge < -0.3 is 10.0 Å². The Morgan fingerprint density at radius 3 is 2.44 bits per heavy atom. The molecule has 0 unspecified atom stereocenters. The second-order valence-electron chi connectivity index (χ2n) is 6.73. The fraction of sp³-hybridized carbons (Fsp3) is 0.556. The van der Waals surface area contributed by atoms with E-state index in [1.807, 2.05) is 33.8 Å². The van der Waals surface area contributed by atoms with E-state index in [0.29, 0.717) is 18.9 Å². The molecule has 7 nitrogen and oxygen atoms in total. The van der Waals surface area contributed by atoms with Crippen LogP contribution in [0, 0.1) is 27.7 Å². The number of hydrogen-bond donors (Lipinski definition) is 1. The molecule has 3 rings (SSSR count). The SMILES string of the molecule is Cc1cc(C)nc(-n2nc(C)c(CC(=O)N(CCO)C3CC3)c2C)n1. The third-order valence-corrected chi connectivity index (χ3v) is 4.58. The van der Waals surface area contributed by atoms with Crippen molar-refractivity contribution in [3.63, 3.8) is 0 Å². The average molecular weight is 343 g/mol. The number of carbonyl (C=O) groups is 1. The Morgan fingerprint density at radius 1 is 1.24 bits per heavy atom. The molecule has 1 aliphatic rings. The first-order chi connectivity index (χ1) is 11.9. The van der Waals surface area contributed by atoms with Crippen LogP contribution >= 0.6 is 0 Å². The van der Waals surface area contributed by atoms with Crippen molar-refractivity contribution in [2.75, 3.05) is 13.2 Å². The summed E-state index contributed by atoms with van der Waals surface area (Å²) in [5.41, 5.74) is 4.38. The first-order valence-electron chi connectivity index (χ1n) is 8.68. The van der Waals surface area contributed by atoms with E-state index in [1.54, 1.807) is 9.58 Å². The summed E-state index contributed by atoms with van der Waals surface area (Å²) in [6.07, 6.45) is 2.34. The van der Waals surface area contributed by atoms with Gasteiger partial charge in [-0.3, -0.25) is 4.79 Å². The number of aromatic nitrogens is 4. The zero-order valence-corrected chi connectivity index (χ0v) is 15.3. The molecule has 0 saturated heterocycles. The topological polar surface area (TPSA) is 84.1 Å². The number of hydrogen-bond acceptors (Lipinski definition) is 5. The van der Waals surface area contributed by atoms with Crippen molar-refractivity contribution >= 4 is 5.91 Å². The molecule has 0 atom stereocenters. The number of nitrogens with zero attached hydrogens (tertiary/aromatic N) is 5. The van der Waals surface area contributed by atoms with E-state index in [1.165, 1.54) is 0 Å². The van der Waals surface area contributed by atoms with Crippen LogP contribution in [0.5, 0.6) is 0 Å². The van der Waals surface area contributed by atoms with Crippen LogP contribution in [0.2, 0.25) is 0 Å². The molecule has 1 fully saturated rings. The monoisotopic (exact) mass is 343 g/mol. The Labute approximate surface area is 147 Å². The van der Waals surface area contributed by atoms with Gasteiger partial charge in [0.2, 0.25) is 5.91 Å². The third kappa shape index (κ3) is 3.71. The maximum Gasteiger partial charge on any atom is 0.251 e. The highest BCUT2D eigenvalue weighted by Gasteiger charge is 2.32. The smallest absolute Gasteiger partial charge is 0.251 e. The first kappa shape index (κ1) is 17.5. The van der Waals surface area contributed by atoms with Gasteiger partial charge in [-0.1, -0.05) is 0 Å². The van der Waals surface area contributed by atoms with E-state index in [-0.39, 0.29) is 18.6 Å². The molecule has 0 bridgehead atoms. The first-order valence-corrected chi connectivity index (χ1v) is 8.68. The summed E-state index contributed by atoms with van der Waals surface area (Å²) in [6, 6.07) is 2.21. The van der Waals surface area contributed by atoms with E-state index < -0.39 is 0 Å². The lowest BCUT2D eigenvalue weighted by molar-refractivity contribution is -0.131. The zero-order valence-electron chi connectivity index (χ0n) is 15.3. The highest BCUT2D eigenvalue weighted by Crippen LogP contribution is 2.28. The zero-order chi connectivity index (χ0) is 18.1. The van der Waals surface area contributed by atoms with Gasteiger partial charge in [0, 0.05) is 35.2 Å². The van der Waals surface area contributed by atoms with E-state index in [4.69, 9.17) is 0 Å². The molecule has 2 aromatic rings. The van der Waals surface area contributed by atoms with Crippen LogP contribution in [0.15, 0.2) is 6.07 Å². The molecule has 2 aromatic heterocycles. The molecule has 134 valence electrons. The molecule has 25 heavy (non-hydrogen) atoms. The number of rotatable bonds is 6. The molecule has 2 heterocycles. The summed E-state index contributed by atoms with van der Waals surface area (Å²) in [4.78, 5) is 23.4. The molecule has 0 spiro atoms. The summed E-state index contributed by atoms with van der Waals surface area (Å²) < 4.78 is 1.71. The number of amides is 1. The average Bonchev–Trinajstić information content (AvgIpc) is 3.34. The summed E-state index contributed by atoms with van der Waals surface area (Å²) in [7, 11) is 0. The van der Waals surface area contributed by atoms with Crippen LogP contribution in [0.1, 0.15) is 41.2 Å². The molecule has 0 aromatic carbocycles. The third-order valence-electron chi connectivity index (χ3n) is 4.58. The van der Waals surface area contributed by atoms with Crippen LogP contribution in [-0.2, 0) is 11.2 Å². The van der Waals surface area contributed by atoms with Crippen molar-refractivity contribution in [1.29, 1.82) is 0 Å². The second kappa shape index (κ2) is 6.92. The van der Waals surface area contributed by atoms with E-state index in [0.717, 1.165) is 41.2 Å². The summed E-state index contributed by atoms with van der Waals surface area (Å²) in [5.74, 6) is 0.579. The van der Waals surface area contributed by atoms with E-state index >= 15 is 0 Å². The predicted molar refractivity (Wildman–Crippen MR) is 93.6 cm³/mol. The summed E-state index contributed by atoms with van der Waals surface area (Å²) in [5, 5.41) is 13.8. The van der Waals surface area contributed by atoms with Crippen molar-refractivity contribution in [2.24, 2.45) is 0 Å². The largest absolute Gasteiger partial charge is 0.395 e. The highest BCUT2D eigenvalue weighted by molar-refractivity contribution is 5.80. The van der Waals surface area contributed by atoms with Gasteiger partial charge in [0.05, 0.1) is 18.7 Å². The Hall–Kier alpha value is -2.28. The molecular weight excluding hydrogens is 318 g/mol. The summed E-state index contributed by atoms with van der Waals surface area (Å²) >= 11 is 0. The second-order valence-corrected chi connectivity index (χ2v) is 6.73. The van der Waals surface area contributed by atoms with Crippen molar-refractivity contribution in [3.05, 3.63) is 34.4 Å². The fourth-order valence-corrected chi connectivity index (χ4v) is 3.19. The quantitative estimate of drug-likeness (QED) is 0.857. The van der Waals surface area contributed by atoms with Gasteiger partial charge in [0.1, 0.15) is 0 Å². The van der Waals surface area contributed by atoms with Crippen LogP contribution in [0.3, 0.4) is 0 Å². The van der Waals surface area contributed by atoms with Gasteiger partial charge in [0.15, 0.2) is 0 Å². The Kier molecular flexibility index (Phi) is 4.85. The maximum atomic E-state index is 12.7. The standard InChI is InChI=1S/C18H25N5O2/c1-11-9-12(2)20-18(19-11)23-14(4)16(13(3)21-23)10-17(25)22(7-8-24)15-5-6-15/h9,15,24H,5-8,10H2,1-4H3. The molecule has 0 aliphatic heterocycles. The molecule has 1 aliphatic carbocycles. The van der Waals surface area contributed by atoms with Crippen molar-refractivity contribution in [3.8, 4) is 5.95 Å². The highest BCUT2D eigenvalue weighted by atomic mass is 16.3. The van der Waals surface area contributed by atoms with Gasteiger partial charge in [-0.25, -0.2) is 14.6 Å². The van der Waals surface area contributed by atoms with E-state index in [9.17, 15) is 9.90 Å². The Morgan fingerprint density at radius 2 is 1.88 bits per heavy atom. The Balaban J connectivity index is 1.88. The van der Waals surface area contributed by atoms with Gasteiger partial charge >= 0.3 is 0 Å². The van der Waals surface area contributed by atoms with Crippen LogP contribution in [0.25, 0.3) is 5.95 Å². The molecular formula is C18H25N5O2. The van der Waals surface area contributed by atoms with Crippen molar-refractivity contribution in [1.82, 2.24) is 24.6 Å². The minimum atomic E-state index is -0.00409. The molecule has 0 radical (unpaired) electrons. The minimum absolute atomic E-state index is 0.00409. The van der Waals surface area contributed by atoms with Gasteiger partial charge in [-0.2, -0.15) is 5.10 Å². The lowest BCUT2D eigenvalue weighted by Crippen LogP contribution is -2.36.